The number of hydrogen-bond acceptors (Lipinski definition) is 4. The Morgan fingerprint density at radius 3 is 2.68 bits per heavy atom. The third-order valence-electron chi connectivity index (χ3n) is 3.55. The first-order valence-corrected chi connectivity index (χ1v) is 9.25. The van der Waals surface area contributed by atoms with E-state index in [1.807, 2.05) is 24.3 Å². The molecule has 2 N–H and O–H groups in total. The standard InChI is InChI=1S/C16H17N5O2S2/c1-20(2)25(22,23)13-7-5-6-12(10-13)18-16(24)19-21-11-17-14-8-3-4-9-15(14)21/h3-11H,1-2H3,(H2,18,19,24). The van der Waals surface area contributed by atoms with Crippen LogP contribution in [0.15, 0.2) is 59.8 Å². The van der Waals surface area contributed by atoms with E-state index in [2.05, 4.69) is 15.7 Å². The van der Waals surface area contributed by atoms with Crippen LogP contribution in [0.2, 0.25) is 0 Å². The summed E-state index contributed by atoms with van der Waals surface area (Å²) < 4.78 is 27.3. The number of benzene rings is 2. The van der Waals surface area contributed by atoms with Gasteiger partial charge in [-0.15, -0.1) is 0 Å². The van der Waals surface area contributed by atoms with Crippen LogP contribution >= 0.6 is 12.2 Å². The van der Waals surface area contributed by atoms with Gasteiger partial charge in [-0.25, -0.2) is 22.4 Å². The molecule has 0 saturated carbocycles. The topological polar surface area (TPSA) is 79.3 Å². The van der Waals surface area contributed by atoms with Gasteiger partial charge in [-0.3, -0.25) is 5.43 Å². The molecule has 0 saturated heterocycles. The van der Waals surface area contributed by atoms with Gasteiger partial charge in [0.15, 0.2) is 5.11 Å². The van der Waals surface area contributed by atoms with Crippen molar-refractivity contribution in [3.8, 4) is 0 Å². The summed E-state index contributed by atoms with van der Waals surface area (Å²) in [6, 6.07) is 14.1. The van der Waals surface area contributed by atoms with E-state index in [-0.39, 0.29) is 4.90 Å². The summed E-state index contributed by atoms with van der Waals surface area (Å²) in [5, 5.41) is 3.31. The van der Waals surface area contributed by atoms with Crippen LogP contribution < -0.4 is 10.7 Å². The maximum atomic E-state index is 12.2. The van der Waals surface area contributed by atoms with E-state index in [4.69, 9.17) is 12.2 Å². The highest BCUT2D eigenvalue weighted by Gasteiger charge is 2.17. The van der Waals surface area contributed by atoms with Gasteiger partial charge in [0.05, 0.1) is 15.9 Å². The van der Waals surface area contributed by atoms with Crippen molar-refractivity contribution in [2.45, 2.75) is 4.90 Å². The fourth-order valence-corrected chi connectivity index (χ4v) is 3.43. The molecule has 9 heteroatoms. The molecule has 130 valence electrons. The number of para-hydroxylation sites is 2. The molecule has 0 fully saturated rings. The van der Waals surface area contributed by atoms with Crippen molar-refractivity contribution in [2.24, 2.45) is 0 Å². The monoisotopic (exact) mass is 375 g/mol. The van der Waals surface area contributed by atoms with Gasteiger partial charge in [0.25, 0.3) is 0 Å². The normalized spacial score (nSPS) is 11.6. The molecule has 0 aliphatic rings. The Bertz CT molecular complexity index is 1030. The third-order valence-corrected chi connectivity index (χ3v) is 5.55. The molecule has 0 aliphatic carbocycles. The van der Waals surface area contributed by atoms with E-state index in [0.29, 0.717) is 10.8 Å². The Balaban J connectivity index is 1.78. The minimum atomic E-state index is -3.50. The first-order valence-electron chi connectivity index (χ1n) is 7.40. The minimum absolute atomic E-state index is 0.193. The molecule has 1 aromatic heterocycles. The van der Waals surface area contributed by atoms with Crippen LogP contribution in [0.25, 0.3) is 11.0 Å². The highest BCUT2D eigenvalue weighted by molar-refractivity contribution is 7.89. The van der Waals surface area contributed by atoms with Crippen LogP contribution in [0.4, 0.5) is 5.69 Å². The van der Waals surface area contributed by atoms with Crippen molar-refractivity contribution in [1.29, 1.82) is 0 Å². The molecule has 0 radical (unpaired) electrons. The van der Waals surface area contributed by atoms with Gasteiger partial charge < -0.3 is 5.32 Å². The summed E-state index contributed by atoms with van der Waals surface area (Å²) in [6.07, 6.45) is 1.63. The molecular weight excluding hydrogens is 358 g/mol. The lowest BCUT2D eigenvalue weighted by Crippen LogP contribution is -2.27. The lowest BCUT2D eigenvalue weighted by atomic mass is 10.3. The molecule has 1 heterocycles. The van der Waals surface area contributed by atoms with Gasteiger partial charge >= 0.3 is 0 Å². The predicted octanol–water partition coefficient (Wildman–Crippen LogP) is 2.23. The molecule has 0 atom stereocenters. The number of aromatic nitrogens is 2. The number of fused-ring (bicyclic) bond motifs is 1. The van der Waals surface area contributed by atoms with Crippen LogP contribution in [-0.2, 0) is 10.0 Å². The summed E-state index contributed by atoms with van der Waals surface area (Å²) >= 11 is 5.30. The number of thiocarbonyl (C=S) groups is 1. The largest absolute Gasteiger partial charge is 0.331 e. The third kappa shape index (κ3) is 3.63. The quantitative estimate of drug-likeness (QED) is 0.681. The van der Waals surface area contributed by atoms with Crippen LogP contribution in [-0.4, -0.2) is 41.6 Å². The predicted molar refractivity (Wildman–Crippen MR) is 103 cm³/mol. The molecule has 0 unspecified atom stereocenters. The zero-order valence-electron chi connectivity index (χ0n) is 13.7. The second kappa shape index (κ2) is 6.79. The van der Waals surface area contributed by atoms with E-state index in [0.717, 1.165) is 11.0 Å². The number of nitrogens with zero attached hydrogens (tertiary/aromatic N) is 3. The molecule has 2 aromatic carbocycles. The summed E-state index contributed by atoms with van der Waals surface area (Å²) in [6.45, 7) is 0. The smallest absolute Gasteiger partial charge is 0.242 e. The second-order valence-corrected chi connectivity index (χ2v) is 8.04. The number of imidazole rings is 1. The van der Waals surface area contributed by atoms with Gasteiger partial charge in [-0.1, -0.05) is 18.2 Å². The number of rotatable bonds is 4. The van der Waals surface area contributed by atoms with Gasteiger partial charge in [-0.05, 0) is 42.5 Å². The van der Waals surface area contributed by atoms with Crippen molar-refractivity contribution in [3.63, 3.8) is 0 Å². The number of nitrogens with one attached hydrogen (secondary N) is 2. The molecular formula is C16H17N5O2S2. The molecule has 7 nitrogen and oxygen atoms in total. The summed E-state index contributed by atoms with van der Waals surface area (Å²) in [5.74, 6) is 0. The average molecular weight is 375 g/mol. The highest BCUT2D eigenvalue weighted by Crippen LogP contribution is 2.18. The van der Waals surface area contributed by atoms with Crippen molar-refractivity contribution >= 4 is 44.1 Å². The number of sulfonamides is 1. The van der Waals surface area contributed by atoms with Gasteiger partial charge in [0, 0.05) is 19.8 Å². The van der Waals surface area contributed by atoms with Crippen molar-refractivity contribution in [2.75, 3.05) is 24.8 Å². The van der Waals surface area contributed by atoms with Crippen molar-refractivity contribution in [3.05, 3.63) is 54.9 Å². The Labute approximate surface area is 151 Å². The van der Waals surface area contributed by atoms with Crippen LogP contribution in [0.5, 0.6) is 0 Å². The zero-order chi connectivity index (χ0) is 18.0. The van der Waals surface area contributed by atoms with Crippen molar-refractivity contribution in [1.82, 2.24) is 14.0 Å². The lowest BCUT2D eigenvalue weighted by Gasteiger charge is -2.14. The Morgan fingerprint density at radius 1 is 1.16 bits per heavy atom. The molecule has 0 spiro atoms. The second-order valence-electron chi connectivity index (χ2n) is 5.48. The van der Waals surface area contributed by atoms with Gasteiger partial charge in [0.1, 0.15) is 6.33 Å². The van der Waals surface area contributed by atoms with Gasteiger partial charge in [-0.2, -0.15) is 0 Å². The molecule has 3 aromatic rings. The molecule has 25 heavy (non-hydrogen) atoms. The Kier molecular flexibility index (Phi) is 4.71. The Morgan fingerprint density at radius 2 is 1.92 bits per heavy atom. The van der Waals surface area contributed by atoms with E-state index >= 15 is 0 Å². The average Bonchev–Trinajstić information content (AvgIpc) is 2.98. The molecule has 0 amide bonds. The first-order chi connectivity index (χ1) is 11.9. The van der Waals surface area contributed by atoms with Gasteiger partial charge in [0.2, 0.25) is 10.0 Å². The van der Waals surface area contributed by atoms with Crippen LogP contribution in [0, 0.1) is 0 Å². The van der Waals surface area contributed by atoms with E-state index in [9.17, 15) is 8.42 Å². The van der Waals surface area contributed by atoms with Crippen LogP contribution in [0.1, 0.15) is 0 Å². The molecule has 0 aliphatic heterocycles. The summed E-state index contributed by atoms with van der Waals surface area (Å²) in [5.41, 5.74) is 5.31. The van der Waals surface area contributed by atoms with E-state index in [1.54, 1.807) is 29.2 Å². The Hall–Kier alpha value is -2.49. The van der Waals surface area contributed by atoms with Crippen LogP contribution in [0.3, 0.4) is 0 Å². The van der Waals surface area contributed by atoms with E-state index in [1.165, 1.54) is 24.5 Å². The minimum Gasteiger partial charge on any atom is -0.331 e. The molecule has 0 bridgehead atoms. The zero-order valence-corrected chi connectivity index (χ0v) is 15.3. The SMILES string of the molecule is CN(C)S(=O)(=O)c1cccc(NC(=S)Nn2cnc3ccccc32)c1. The number of anilines is 1. The fraction of sp³-hybridized carbons (Fsp3) is 0.125. The lowest BCUT2D eigenvalue weighted by molar-refractivity contribution is 0.521. The maximum absolute atomic E-state index is 12.2. The fourth-order valence-electron chi connectivity index (χ4n) is 2.26. The maximum Gasteiger partial charge on any atom is 0.242 e. The number of hydrogen-bond donors (Lipinski definition) is 2. The molecule has 3 rings (SSSR count). The highest BCUT2D eigenvalue weighted by atomic mass is 32.2. The summed E-state index contributed by atoms with van der Waals surface area (Å²) in [7, 11) is -0.516. The first kappa shape index (κ1) is 17.3. The summed E-state index contributed by atoms with van der Waals surface area (Å²) in [4.78, 5) is 4.47. The van der Waals surface area contributed by atoms with E-state index < -0.39 is 10.0 Å². The van der Waals surface area contributed by atoms with Crippen molar-refractivity contribution < 1.29 is 8.42 Å².